The van der Waals surface area contributed by atoms with E-state index in [1.165, 1.54) is 0 Å². The number of hydrogen-bond acceptors (Lipinski definition) is 6. The van der Waals surface area contributed by atoms with Crippen LogP contribution in [0.1, 0.15) is 34.3 Å². The smallest absolute Gasteiger partial charge is 0.343 e. The first-order chi connectivity index (χ1) is 15.4. The van der Waals surface area contributed by atoms with Crippen molar-refractivity contribution in [1.29, 1.82) is 0 Å². The van der Waals surface area contributed by atoms with Gasteiger partial charge in [-0.3, -0.25) is 19.3 Å². The molecule has 2 heterocycles. The van der Waals surface area contributed by atoms with Crippen molar-refractivity contribution in [2.45, 2.75) is 19.8 Å². The summed E-state index contributed by atoms with van der Waals surface area (Å²) < 4.78 is 5.38. The lowest BCUT2D eigenvalue weighted by atomic mass is 10.1. The van der Waals surface area contributed by atoms with E-state index in [1.807, 2.05) is 19.1 Å². The van der Waals surface area contributed by atoms with E-state index in [9.17, 15) is 19.2 Å². The van der Waals surface area contributed by atoms with Crippen molar-refractivity contribution in [2.75, 3.05) is 19.6 Å². The molecule has 0 bridgehead atoms. The fourth-order valence-electron chi connectivity index (χ4n) is 3.48. The quantitative estimate of drug-likeness (QED) is 0.391. The van der Waals surface area contributed by atoms with Gasteiger partial charge in [-0.1, -0.05) is 29.8 Å². The summed E-state index contributed by atoms with van der Waals surface area (Å²) in [5, 5.41) is -0.447. The van der Waals surface area contributed by atoms with Crippen molar-refractivity contribution in [2.24, 2.45) is 0 Å². The number of carbonyl (C=O) groups is 4. The molecule has 2 fully saturated rings. The number of hydrogen-bond donors (Lipinski definition) is 0. The van der Waals surface area contributed by atoms with Crippen molar-refractivity contribution in [1.82, 2.24) is 9.80 Å². The molecule has 0 radical (unpaired) electrons. The van der Waals surface area contributed by atoms with Crippen molar-refractivity contribution < 1.29 is 23.9 Å². The SMILES string of the molecule is Cc1ccc(C(=O)Oc2ccc(/C=C3\SC(=O)N(CC(=O)N4CCCC4)C3=O)cc2)cc1. The highest BCUT2D eigenvalue weighted by molar-refractivity contribution is 8.18. The predicted molar refractivity (Wildman–Crippen MR) is 121 cm³/mol. The minimum atomic E-state index is -0.470. The lowest BCUT2D eigenvalue weighted by molar-refractivity contribution is -0.135. The van der Waals surface area contributed by atoms with Gasteiger partial charge < -0.3 is 9.64 Å². The highest BCUT2D eigenvalue weighted by Crippen LogP contribution is 2.32. The average Bonchev–Trinajstić information content (AvgIpc) is 3.41. The number of amides is 3. The molecule has 0 saturated carbocycles. The molecule has 32 heavy (non-hydrogen) atoms. The molecule has 2 saturated heterocycles. The second kappa shape index (κ2) is 9.40. The molecule has 0 aromatic heterocycles. The predicted octanol–water partition coefficient (Wildman–Crippen LogP) is 3.87. The molecule has 4 rings (SSSR count). The Kier molecular flexibility index (Phi) is 6.41. The second-order valence-corrected chi connectivity index (χ2v) is 8.67. The summed E-state index contributed by atoms with van der Waals surface area (Å²) >= 11 is 0.817. The van der Waals surface area contributed by atoms with Gasteiger partial charge in [-0.15, -0.1) is 0 Å². The van der Waals surface area contributed by atoms with Crippen LogP contribution < -0.4 is 4.74 Å². The summed E-state index contributed by atoms with van der Waals surface area (Å²) in [7, 11) is 0. The van der Waals surface area contributed by atoms with Crippen molar-refractivity contribution >= 4 is 40.9 Å². The Labute approximate surface area is 190 Å². The number of carbonyl (C=O) groups excluding carboxylic acids is 4. The third-order valence-electron chi connectivity index (χ3n) is 5.30. The highest BCUT2D eigenvalue weighted by Gasteiger charge is 2.37. The minimum Gasteiger partial charge on any atom is -0.423 e. The Morgan fingerprint density at radius 1 is 1.00 bits per heavy atom. The van der Waals surface area contributed by atoms with Crippen LogP contribution in [-0.2, 0) is 9.59 Å². The summed E-state index contributed by atoms with van der Waals surface area (Å²) in [5.74, 6) is -0.758. The number of benzene rings is 2. The Bertz CT molecular complexity index is 1090. The number of esters is 1. The molecule has 2 aliphatic rings. The Morgan fingerprint density at radius 3 is 2.31 bits per heavy atom. The third kappa shape index (κ3) is 4.91. The number of nitrogens with zero attached hydrogens (tertiary/aromatic N) is 2. The normalized spacial score (nSPS) is 17.3. The first kappa shape index (κ1) is 21.8. The molecule has 2 aliphatic heterocycles. The Balaban J connectivity index is 1.39. The lowest BCUT2D eigenvalue weighted by Crippen LogP contribution is -2.40. The first-order valence-corrected chi connectivity index (χ1v) is 11.1. The summed E-state index contributed by atoms with van der Waals surface area (Å²) in [5.41, 5.74) is 2.18. The van der Waals surface area contributed by atoms with E-state index in [1.54, 1.807) is 47.4 Å². The zero-order valence-corrected chi connectivity index (χ0v) is 18.4. The largest absolute Gasteiger partial charge is 0.423 e. The number of imide groups is 1. The van der Waals surface area contributed by atoms with Gasteiger partial charge >= 0.3 is 5.97 Å². The van der Waals surface area contributed by atoms with Gasteiger partial charge in [0.25, 0.3) is 11.1 Å². The molecular formula is C24H22N2O5S. The maximum Gasteiger partial charge on any atom is 0.343 e. The molecule has 164 valence electrons. The van der Waals surface area contributed by atoms with Crippen molar-refractivity contribution in [3.63, 3.8) is 0 Å². The maximum atomic E-state index is 12.6. The monoisotopic (exact) mass is 450 g/mol. The summed E-state index contributed by atoms with van der Waals surface area (Å²) in [6.45, 7) is 3.06. The van der Waals surface area contributed by atoms with E-state index in [-0.39, 0.29) is 17.4 Å². The molecule has 0 N–H and O–H groups in total. The van der Waals surface area contributed by atoms with Gasteiger partial charge in [0.2, 0.25) is 5.91 Å². The summed E-state index contributed by atoms with van der Waals surface area (Å²) in [6, 6.07) is 13.7. The molecule has 3 amide bonds. The number of ether oxygens (including phenoxy) is 1. The molecule has 0 atom stereocenters. The number of aryl methyl sites for hydroxylation is 1. The van der Waals surface area contributed by atoms with Crippen LogP contribution in [0.5, 0.6) is 5.75 Å². The molecule has 0 aliphatic carbocycles. The van der Waals surface area contributed by atoms with E-state index in [0.29, 0.717) is 30.0 Å². The van der Waals surface area contributed by atoms with Crippen LogP contribution in [0, 0.1) is 6.92 Å². The highest BCUT2D eigenvalue weighted by atomic mass is 32.2. The van der Waals surface area contributed by atoms with E-state index in [2.05, 4.69) is 0 Å². The van der Waals surface area contributed by atoms with Crippen LogP contribution in [0.25, 0.3) is 6.08 Å². The molecule has 7 nitrogen and oxygen atoms in total. The van der Waals surface area contributed by atoms with Crippen LogP contribution >= 0.6 is 11.8 Å². The van der Waals surface area contributed by atoms with E-state index in [0.717, 1.165) is 35.1 Å². The number of likely N-dealkylation sites (tertiary alicyclic amines) is 1. The zero-order chi connectivity index (χ0) is 22.7. The van der Waals surface area contributed by atoms with Gasteiger partial charge in [-0.2, -0.15) is 0 Å². The van der Waals surface area contributed by atoms with Gasteiger partial charge in [0.15, 0.2) is 0 Å². The molecule has 0 unspecified atom stereocenters. The summed E-state index contributed by atoms with van der Waals surface area (Å²) in [6.07, 6.45) is 3.49. The van der Waals surface area contributed by atoms with Gasteiger partial charge in [-0.05, 0) is 67.4 Å². The van der Waals surface area contributed by atoms with Crippen LogP contribution in [0.3, 0.4) is 0 Å². The third-order valence-corrected chi connectivity index (χ3v) is 6.21. The molecule has 8 heteroatoms. The molecule has 2 aromatic rings. The van der Waals surface area contributed by atoms with Crippen molar-refractivity contribution in [3.8, 4) is 5.75 Å². The van der Waals surface area contributed by atoms with E-state index < -0.39 is 17.1 Å². The maximum absolute atomic E-state index is 12.6. The van der Waals surface area contributed by atoms with Crippen LogP contribution in [-0.4, -0.2) is 52.5 Å². The zero-order valence-electron chi connectivity index (χ0n) is 17.6. The Hall–Kier alpha value is -3.39. The Morgan fingerprint density at radius 2 is 1.66 bits per heavy atom. The topological polar surface area (TPSA) is 84.0 Å². The van der Waals surface area contributed by atoms with E-state index in [4.69, 9.17) is 4.74 Å². The summed E-state index contributed by atoms with van der Waals surface area (Å²) in [4.78, 5) is 52.4. The minimum absolute atomic E-state index is 0.203. The fraction of sp³-hybridized carbons (Fsp3) is 0.250. The van der Waals surface area contributed by atoms with Gasteiger partial charge in [0, 0.05) is 13.1 Å². The molecule has 0 spiro atoms. The number of thioether (sulfide) groups is 1. The first-order valence-electron chi connectivity index (χ1n) is 10.3. The van der Waals surface area contributed by atoms with Gasteiger partial charge in [-0.25, -0.2) is 4.79 Å². The van der Waals surface area contributed by atoms with Crippen LogP contribution in [0.2, 0.25) is 0 Å². The number of rotatable bonds is 5. The van der Waals surface area contributed by atoms with Crippen molar-refractivity contribution in [3.05, 3.63) is 70.1 Å². The van der Waals surface area contributed by atoms with E-state index >= 15 is 0 Å². The van der Waals surface area contributed by atoms with Crippen LogP contribution in [0.4, 0.5) is 4.79 Å². The lowest BCUT2D eigenvalue weighted by Gasteiger charge is -2.18. The second-order valence-electron chi connectivity index (χ2n) is 7.68. The van der Waals surface area contributed by atoms with Gasteiger partial charge in [0.1, 0.15) is 12.3 Å². The molecule has 2 aromatic carbocycles. The molecular weight excluding hydrogens is 428 g/mol. The average molecular weight is 451 g/mol. The van der Waals surface area contributed by atoms with Gasteiger partial charge in [0.05, 0.1) is 10.5 Å². The van der Waals surface area contributed by atoms with Crippen LogP contribution in [0.15, 0.2) is 53.4 Å². The standard InChI is InChI=1S/C24H22N2O5S/c1-16-4-8-18(9-5-16)23(29)31-19-10-6-17(7-11-19)14-20-22(28)26(24(30)32-20)15-21(27)25-12-2-3-13-25/h4-11,14H,2-3,12-13,15H2,1H3/b20-14-. The fourth-order valence-corrected chi connectivity index (χ4v) is 4.32.